The van der Waals surface area contributed by atoms with Crippen molar-refractivity contribution in [2.24, 2.45) is 17.8 Å². The fourth-order valence-electron chi connectivity index (χ4n) is 4.45. The number of alkyl halides is 3. The lowest BCUT2D eigenvalue weighted by molar-refractivity contribution is -0.137. The van der Waals surface area contributed by atoms with E-state index in [1.54, 1.807) is 0 Å². The summed E-state index contributed by atoms with van der Waals surface area (Å²) in [7, 11) is -3.57. The van der Waals surface area contributed by atoms with Crippen molar-refractivity contribution in [1.82, 2.24) is 4.72 Å². The summed E-state index contributed by atoms with van der Waals surface area (Å²) in [5.74, 6) is 0.0960. The first-order valence-electron chi connectivity index (χ1n) is 9.38. The van der Waals surface area contributed by atoms with Crippen LogP contribution in [0.1, 0.15) is 44.1 Å². The average Bonchev–Trinajstić information content (AvgIpc) is 2.60. The lowest BCUT2D eigenvalue weighted by Gasteiger charge is -2.43. The molecular weight excluding hydrogens is 395 g/mol. The van der Waals surface area contributed by atoms with Gasteiger partial charge in [-0.3, -0.25) is 9.52 Å². The molecule has 156 valence electrons. The second kappa shape index (κ2) is 7.93. The Morgan fingerprint density at radius 3 is 2.39 bits per heavy atom. The predicted molar refractivity (Wildman–Crippen MR) is 97.0 cm³/mol. The molecule has 0 bridgehead atoms. The van der Waals surface area contributed by atoms with Crippen LogP contribution in [0.2, 0.25) is 0 Å². The highest BCUT2D eigenvalue weighted by Gasteiger charge is 2.41. The topological polar surface area (TPSA) is 72.5 Å². The molecule has 0 saturated heterocycles. The van der Waals surface area contributed by atoms with Gasteiger partial charge in [0.1, 0.15) is 11.9 Å². The van der Waals surface area contributed by atoms with Crippen LogP contribution in [0.3, 0.4) is 0 Å². The van der Waals surface area contributed by atoms with E-state index in [0.717, 1.165) is 44.1 Å². The summed E-state index contributed by atoms with van der Waals surface area (Å²) < 4.78 is 68.7. The molecule has 1 aromatic rings. The number of benzene rings is 1. The average molecular weight is 419 g/mol. The van der Waals surface area contributed by atoms with E-state index in [9.17, 15) is 26.4 Å². The Bertz CT molecular complexity index is 807. The van der Waals surface area contributed by atoms with Crippen LogP contribution in [0, 0.1) is 17.8 Å². The second-order valence-electron chi connectivity index (χ2n) is 7.78. The Labute approximate surface area is 162 Å². The maximum Gasteiger partial charge on any atom is 0.416 e. The Kier molecular flexibility index (Phi) is 5.93. The molecule has 5 nitrogen and oxygen atoms in total. The minimum Gasteiger partial charge on any atom is -0.490 e. The molecule has 4 unspecified atom stereocenters. The van der Waals surface area contributed by atoms with Gasteiger partial charge in [0.2, 0.25) is 15.9 Å². The maximum absolute atomic E-state index is 12.7. The molecule has 2 saturated carbocycles. The molecule has 0 aromatic heterocycles. The van der Waals surface area contributed by atoms with E-state index >= 15 is 0 Å². The number of carbonyl (C=O) groups excluding carboxylic acids is 1. The van der Waals surface area contributed by atoms with Crippen molar-refractivity contribution in [2.45, 2.75) is 50.8 Å². The minimum atomic E-state index is -4.38. The third kappa shape index (κ3) is 5.18. The molecule has 2 aliphatic rings. The summed E-state index contributed by atoms with van der Waals surface area (Å²) in [4.78, 5) is 12.2. The number of rotatable bonds is 4. The van der Waals surface area contributed by atoms with Crippen LogP contribution in [0.5, 0.6) is 5.75 Å². The number of hydrogen-bond donors (Lipinski definition) is 1. The van der Waals surface area contributed by atoms with E-state index in [4.69, 9.17) is 4.74 Å². The fraction of sp³-hybridized carbons (Fsp3) is 0.632. The van der Waals surface area contributed by atoms with Crippen molar-refractivity contribution in [2.75, 3.05) is 6.26 Å². The van der Waals surface area contributed by atoms with Gasteiger partial charge in [-0.2, -0.15) is 13.2 Å². The summed E-state index contributed by atoms with van der Waals surface area (Å²) in [6, 6.07) is 4.72. The normalized spacial score (nSPS) is 28.3. The standard InChI is InChI=1S/C19H24F3NO4S/c1-28(25,26)23-18(24)13-5-10-16-12(11-13)3-2-4-17(16)27-15-8-6-14(7-9-15)19(20,21)22/h6-9,12-13,16-17H,2-5,10-11H2,1H3,(H,23,24). The first kappa shape index (κ1) is 21.0. The van der Waals surface area contributed by atoms with Crippen LogP contribution < -0.4 is 9.46 Å². The van der Waals surface area contributed by atoms with Gasteiger partial charge in [0, 0.05) is 5.92 Å². The van der Waals surface area contributed by atoms with E-state index in [2.05, 4.69) is 4.72 Å². The molecule has 2 fully saturated rings. The molecule has 0 spiro atoms. The van der Waals surface area contributed by atoms with Crippen molar-refractivity contribution in [3.63, 3.8) is 0 Å². The zero-order valence-electron chi connectivity index (χ0n) is 15.5. The van der Waals surface area contributed by atoms with Gasteiger partial charge in [-0.1, -0.05) is 0 Å². The number of carbonyl (C=O) groups is 1. The molecule has 28 heavy (non-hydrogen) atoms. The second-order valence-corrected chi connectivity index (χ2v) is 9.53. The highest BCUT2D eigenvalue weighted by atomic mass is 32.2. The van der Waals surface area contributed by atoms with E-state index in [-0.39, 0.29) is 23.9 Å². The first-order chi connectivity index (χ1) is 13.0. The summed E-state index contributed by atoms with van der Waals surface area (Å²) in [5.41, 5.74) is -0.709. The monoisotopic (exact) mass is 419 g/mol. The van der Waals surface area contributed by atoms with Gasteiger partial charge in [-0.05, 0) is 74.6 Å². The Morgan fingerprint density at radius 2 is 1.79 bits per heavy atom. The quantitative estimate of drug-likeness (QED) is 0.807. The van der Waals surface area contributed by atoms with Crippen LogP contribution in [0.4, 0.5) is 13.2 Å². The summed E-state index contributed by atoms with van der Waals surface area (Å²) in [5, 5.41) is 0. The van der Waals surface area contributed by atoms with Gasteiger partial charge in [0.05, 0.1) is 11.8 Å². The van der Waals surface area contributed by atoms with Crippen LogP contribution in [0.15, 0.2) is 24.3 Å². The lowest BCUT2D eigenvalue weighted by atomic mass is 9.66. The summed E-state index contributed by atoms with van der Waals surface area (Å²) in [6.07, 6.45) is 1.08. The largest absolute Gasteiger partial charge is 0.490 e. The van der Waals surface area contributed by atoms with Crippen LogP contribution in [0.25, 0.3) is 0 Å². The molecule has 1 aromatic carbocycles. The molecule has 0 radical (unpaired) electrons. The zero-order chi connectivity index (χ0) is 20.5. The van der Waals surface area contributed by atoms with Crippen molar-refractivity contribution in [3.05, 3.63) is 29.8 Å². The lowest BCUT2D eigenvalue weighted by Crippen LogP contribution is -2.44. The molecule has 3 rings (SSSR count). The molecule has 0 aliphatic heterocycles. The molecule has 4 atom stereocenters. The third-order valence-corrected chi connectivity index (χ3v) is 6.28. The van der Waals surface area contributed by atoms with E-state index in [1.165, 1.54) is 12.1 Å². The minimum absolute atomic E-state index is 0.102. The highest BCUT2D eigenvalue weighted by Crippen LogP contribution is 2.44. The number of halogens is 3. The van der Waals surface area contributed by atoms with Gasteiger partial charge < -0.3 is 4.74 Å². The number of sulfonamides is 1. The van der Waals surface area contributed by atoms with Crippen molar-refractivity contribution >= 4 is 15.9 Å². The van der Waals surface area contributed by atoms with Gasteiger partial charge in [-0.25, -0.2) is 8.42 Å². The number of ether oxygens (including phenoxy) is 1. The van der Waals surface area contributed by atoms with E-state index in [1.807, 2.05) is 0 Å². The molecule has 9 heteroatoms. The van der Waals surface area contributed by atoms with Gasteiger partial charge in [0.25, 0.3) is 0 Å². The Morgan fingerprint density at radius 1 is 1.11 bits per heavy atom. The fourth-order valence-corrected chi connectivity index (χ4v) is 4.98. The van der Waals surface area contributed by atoms with Gasteiger partial charge in [-0.15, -0.1) is 0 Å². The summed E-state index contributed by atoms with van der Waals surface area (Å²) >= 11 is 0. The predicted octanol–water partition coefficient (Wildman–Crippen LogP) is 3.75. The molecule has 2 aliphatic carbocycles. The first-order valence-corrected chi connectivity index (χ1v) is 11.3. The van der Waals surface area contributed by atoms with Crippen LogP contribution in [-0.2, 0) is 21.0 Å². The van der Waals surface area contributed by atoms with E-state index in [0.29, 0.717) is 18.6 Å². The zero-order valence-corrected chi connectivity index (χ0v) is 16.4. The van der Waals surface area contributed by atoms with Crippen molar-refractivity contribution in [1.29, 1.82) is 0 Å². The molecule has 1 N–H and O–H groups in total. The maximum atomic E-state index is 12.7. The Balaban J connectivity index is 1.62. The van der Waals surface area contributed by atoms with Crippen LogP contribution >= 0.6 is 0 Å². The Hall–Kier alpha value is -1.77. The third-order valence-electron chi connectivity index (χ3n) is 5.71. The van der Waals surface area contributed by atoms with Gasteiger partial charge >= 0.3 is 6.18 Å². The molecule has 1 amide bonds. The van der Waals surface area contributed by atoms with Crippen molar-refractivity contribution in [3.8, 4) is 5.75 Å². The molecular formula is C19H24F3NO4S. The van der Waals surface area contributed by atoms with Crippen LogP contribution in [-0.4, -0.2) is 26.7 Å². The number of nitrogens with one attached hydrogen (secondary N) is 1. The number of amides is 1. The van der Waals surface area contributed by atoms with E-state index < -0.39 is 27.7 Å². The molecule has 0 heterocycles. The van der Waals surface area contributed by atoms with Gasteiger partial charge in [0.15, 0.2) is 0 Å². The van der Waals surface area contributed by atoms with Crippen molar-refractivity contribution < 1.29 is 31.1 Å². The smallest absolute Gasteiger partial charge is 0.416 e. The highest BCUT2D eigenvalue weighted by molar-refractivity contribution is 7.89. The SMILES string of the molecule is CS(=O)(=O)NC(=O)C1CCC2C(CCCC2Oc2ccc(C(F)(F)F)cc2)C1. The summed E-state index contributed by atoms with van der Waals surface area (Å²) in [6.45, 7) is 0. The number of fused-ring (bicyclic) bond motifs is 1. The number of hydrogen-bond acceptors (Lipinski definition) is 4.